The van der Waals surface area contributed by atoms with Gasteiger partial charge in [-0.1, -0.05) is 60.7 Å². The Labute approximate surface area is 162 Å². The summed E-state index contributed by atoms with van der Waals surface area (Å²) in [6, 6.07) is 31.2. The Bertz CT molecular complexity index is 1240. The predicted octanol–water partition coefficient (Wildman–Crippen LogP) is 6.47. The Kier molecular flexibility index (Phi) is 3.99. The molecule has 0 N–H and O–H groups in total. The monoisotopic (exact) mass is 364 g/mol. The van der Waals surface area contributed by atoms with E-state index in [4.69, 9.17) is 4.98 Å². The molecule has 2 nitrogen and oxygen atoms in total. The molecule has 3 aromatic carbocycles. The number of imidazole rings is 1. The molecule has 0 saturated carbocycles. The van der Waals surface area contributed by atoms with Crippen LogP contribution >= 0.6 is 0 Å². The molecule has 0 atom stereocenters. The van der Waals surface area contributed by atoms with E-state index in [1.807, 2.05) is 42.6 Å². The van der Waals surface area contributed by atoms with Gasteiger partial charge in [-0.25, -0.2) is 9.37 Å². The number of pyridine rings is 1. The summed E-state index contributed by atoms with van der Waals surface area (Å²) in [6.45, 7) is 0. The molecule has 134 valence electrons. The van der Waals surface area contributed by atoms with Crippen LogP contribution in [0.3, 0.4) is 0 Å². The van der Waals surface area contributed by atoms with Crippen molar-refractivity contribution in [1.82, 2.24) is 9.38 Å². The first-order valence-electron chi connectivity index (χ1n) is 9.18. The maximum atomic E-state index is 13.4. The lowest BCUT2D eigenvalue weighted by molar-refractivity contribution is 0.628. The molecule has 0 aliphatic carbocycles. The zero-order chi connectivity index (χ0) is 18.9. The second-order valence-electron chi connectivity index (χ2n) is 6.69. The van der Waals surface area contributed by atoms with Crippen molar-refractivity contribution in [2.75, 3.05) is 0 Å². The molecule has 0 amide bonds. The van der Waals surface area contributed by atoms with E-state index < -0.39 is 0 Å². The first-order valence-corrected chi connectivity index (χ1v) is 9.18. The van der Waals surface area contributed by atoms with Crippen LogP contribution in [0.5, 0.6) is 0 Å². The highest BCUT2D eigenvalue weighted by molar-refractivity contribution is 5.83. The summed E-state index contributed by atoms with van der Waals surface area (Å²) < 4.78 is 15.5. The maximum Gasteiger partial charge on any atom is 0.137 e. The Morgan fingerprint density at radius 2 is 1.18 bits per heavy atom. The molecule has 5 aromatic rings. The van der Waals surface area contributed by atoms with Gasteiger partial charge in [-0.15, -0.1) is 0 Å². The van der Waals surface area contributed by atoms with E-state index in [0.717, 1.165) is 28.2 Å². The number of aromatic nitrogens is 2. The molecule has 0 spiro atoms. The Morgan fingerprint density at radius 1 is 0.571 bits per heavy atom. The fourth-order valence-electron chi connectivity index (χ4n) is 3.53. The van der Waals surface area contributed by atoms with Crippen LogP contribution in [0.1, 0.15) is 0 Å². The van der Waals surface area contributed by atoms with Gasteiger partial charge in [0.2, 0.25) is 0 Å². The molecule has 0 bridgehead atoms. The summed E-state index contributed by atoms with van der Waals surface area (Å²) in [5.74, 6) is -0.249. The topological polar surface area (TPSA) is 17.3 Å². The lowest BCUT2D eigenvalue weighted by atomic mass is 10.0. The van der Waals surface area contributed by atoms with Gasteiger partial charge in [-0.3, -0.25) is 4.40 Å². The van der Waals surface area contributed by atoms with Crippen LogP contribution in [0.15, 0.2) is 103 Å². The van der Waals surface area contributed by atoms with E-state index in [0.29, 0.717) is 0 Å². The van der Waals surface area contributed by atoms with Gasteiger partial charge in [0.05, 0.1) is 11.4 Å². The Hall–Kier alpha value is -3.72. The van der Waals surface area contributed by atoms with Crippen molar-refractivity contribution in [2.45, 2.75) is 0 Å². The van der Waals surface area contributed by atoms with Gasteiger partial charge in [0.1, 0.15) is 11.5 Å². The van der Waals surface area contributed by atoms with Crippen LogP contribution in [0.2, 0.25) is 0 Å². The SMILES string of the molecule is Fc1ccc(-c2nc3ccccn3c2-c2ccc(-c3ccccc3)cc2)cc1. The first kappa shape index (κ1) is 16.5. The van der Waals surface area contributed by atoms with Crippen molar-refractivity contribution in [1.29, 1.82) is 0 Å². The highest BCUT2D eigenvalue weighted by Gasteiger charge is 2.16. The van der Waals surface area contributed by atoms with Crippen molar-refractivity contribution >= 4 is 5.65 Å². The summed E-state index contributed by atoms with van der Waals surface area (Å²) in [6.07, 6.45) is 2.01. The molecule has 0 unspecified atom stereocenters. The lowest BCUT2D eigenvalue weighted by Gasteiger charge is -2.08. The van der Waals surface area contributed by atoms with Crippen molar-refractivity contribution in [3.05, 3.63) is 109 Å². The van der Waals surface area contributed by atoms with Gasteiger partial charge in [0, 0.05) is 17.3 Å². The second-order valence-corrected chi connectivity index (χ2v) is 6.69. The molecule has 3 heteroatoms. The number of hydrogen-bond donors (Lipinski definition) is 0. The van der Waals surface area contributed by atoms with Crippen LogP contribution in [0, 0.1) is 5.82 Å². The van der Waals surface area contributed by atoms with Gasteiger partial charge in [0.15, 0.2) is 0 Å². The second kappa shape index (κ2) is 6.78. The quantitative estimate of drug-likeness (QED) is 0.358. The first-order chi connectivity index (χ1) is 13.8. The fourth-order valence-corrected chi connectivity index (χ4v) is 3.53. The van der Waals surface area contributed by atoms with Gasteiger partial charge in [0.25, 0.3) is 0 Å². The number of rotatable bonds is 3. The van der Waals surface area contributed by atoms with E-state index in [1.54, 1.807) is 12.1 Å². The van der Waals surface area contributed by atoms with Crippen molar-refractivity contribution in [3.8, 4) is 33.6 Å². The number of halogens is 1. The fraction of sp³-hybridized carbons (Fsp3) is 0. The number of hydrogen-bond acceptors (Lipinski definition) is 1. The van der Waals surface area contributed by atoms with E-state index in [9.17, 15) is 4.39 Å². The minimum atomic E-state index is -0.249. The molecule has 2 aromatic heterocycles. The average molecular weight is 364 g/mol. The van der Waals surface area contributed by atoms with Crippen LogP contribution in [-0.4, -0.2) is 9.38 Å². The number of fused-ring (bicyclic) bond motifs is 1. The molecule has 0 aliphatic heterocycles. The summed E-state index contributed by atoms with van der Waals surface area (Å²) >= 11 is 0. The van der Waals surface area contributed by atoms with Gasteiger partial charge < -0.3 is 0 Å². The molecular weight excluding hydrogens is 347 g/mol. The molecule has 0 radical (unpaired) electrons. The average Bonchev–Trinajstić information content (AvgIpc) is 3.14. The maximum absolute atomic E-state index is 13.4. The zero-order valence-corrected chi connectivity index (χ0v) is 15.1. The van der Waals surface area contributed by atoms with Gasteiger partial charge >= 0.3 is 0 Å². The van der Waals surface area contributed by atoms with Gasteiger partial charge in [-0.05, 0) is 47.5 Å². The van der Waals surface area contributed by atoms with E-state index in [2.05, 4.69) is 40.8 Å². The molecule has 0 aliphatic rings. The molecule has 28 heavy (non-hydrogen) atoms. The zero-order valence-electron chi connectivity index (χ0n) is 15.1. The summed E-state index contributed by atoms with van der Waals surface area (Å²) in [5.41, 5.74) is 7.03. The van der Waals surface area contributed by atoms with E-state index in [1.165, 1.54) is 23.3 Å². The molecule has 0 fully saturated rings. The minimum absolute atomic E-state index is 0.249. The standard InChI is InChI=1S/C25H17FN2/c26-22-15-13-20(14-16-22)24-25(28-17-5-4-8-23(28)27-24)21-11-9-19(10-12-21)18-6-2-1-3-7-18/h1-17H. The molecule has 5 rings (SSSR count). The molecular formula is C25H17FN2. The molecule has 2 heterocycles. The Balaban J connectivity index is 1.67. The third-order valence-electron chi connectivity index (χ3n) is 4.91. The minimum Gasteiger partial charge on any atom is -0.299 e. The summed E-state index contributed by atoms with van der Waals surface area (Å²) in [5, 5.41) is 0. The van der Waals surface area contributed by atoms with Crippen molar-refractivity contribution < 1.29 is 4.39 Å². The molecule has 0 saturated heterocycles. The lowest BCUT2D eigenvalue weighted by Crippen LogP contribution is -1.89. The third-order valence-corrected chi connectivity index (χ3v) is 4.91. The van der Waals surface area contributed by atoms with Crippen molar-refractivity contribution in [2.24, 2.45) is 0 Å². The largest absolute Gasteiger partial charge is 0.299 e. The predicted molar refractivity (Wildman–Crippen MR) is 111 cm³/mol. The summed E-state index contributed by atoms with van der Waals surface area (Å²) in [4.78, 5) is 4.81. The van der Waals surface area contributed by atoms with Crippen LogP contribution < -0.4 is 0 Å². The van der Waals surface area contributed by atoms with Crippen LogP contribution in [0.4, 0.5) is 4.39 Å². The normalized spacial score (nSPS) is 11.0. The number of nitrogens with zero attached hydrogens (tertiary/aromatic N) is 2. The smallest absolute Gasteiger partial charge is 0.137 e. The van der Waals surface area contributed by atoms with Crippen LogP contribution in [0.25, 0.3) is 39.3 Å². The van der Waals surface area contributed by atoms with E-state index in [-0.39, 0.29) is 5.82 Å². The van der Waals surface area contributed by atoms with Crippen molar-refractivity contribution in [3.63, 3.8) is 0 Å². The number of benzene rings is 3. The van der Waals surface area contributed by atoms with Gasteiger partial charge in [-0.2, -0.15) is 0 Å². The highest BCUT2D eigenvalue weighted by Crippen LogP contribution is 2.34. The Morgan fingerprint density at radius 3 is 1.93 bits per heavy atom. The third kappa shape index (κ3) is 2.87. The highest BCUT2D eigenvalue weighted by atomic mass is 19.1. The van der Waals surface area contributed by atoms with Crippen LogP contribution in [-0.2, 0) is 0 Å². The summed E-state index contributed by atoms with van der Waals surface area (Å²) in [7, 11) is 0. The van der Waals surface area contributed by atoms with E-state index >= 15 is 0 Å².